The Bertz CT molecular complexity index is 922. The predicted molar refractivity (Wildman–Crippen MR) is 96.8 cm³/mol. The molecule has 1 aromatic carbocycles. The molecule has 2 aromatic heterocycles. The van der Waals surface area contributed by atoms with Crippen LogP contribution in [0.1, 0.15) is 38.7 Å². The van der Waals surface area contributed by atoms with E-state index in [0.717, 1.165) is 17.0 Å². The van der Waals surface area contributed by atoms with Crippen molar-refractivity contribution in [1.82, 2.24) is 14.9 Å². The predicted octanol–water partition coefficient (Wildman–Crippen LogP) is 2.65. The van der Waals surface area contributed by atoms with Gasteiger partial charge in [-0.25, -0.2) is 9.97 Å². The highest BCUT2D eigenvalue weighted by Gasteiger charge is 2.29. The number of amides is 1. The quantitative estimate of drug-likeness (QED) is 0.759. The summed E-state index contributed by atoms with van der Waals surface area (Å²) in [5.74, 6) is 1.24. The summed E-state index contributed by atoms with van der Waals surface area (Å²) in [6, 6.07) is 9.80. The van der Waals surface area contributed by atoms with Crippen LogP contribution in [0.4, 0.5) is 5.13 Å². The van der Waals surface area contributed by atoms with Gasteiger partial charge in [0.15, 0.2) is 11.2 Å². The Kier molecular flexibility index (Phi) is 4.44. The molecule has 1 atom stereocenters. The minimum absolute atomic E-state index is 0.0826. The van der Waals surface area contributed by atoms with Gasteiger partial charge in [0, 0.05) is 20.1 Å². The number of rotatable bonds is 4. The van der Waals surface area contributed by atoms with Gasteiger partial charge in [-0.05, 0) is 5.56 Å². The zero-order valence-electron chi connectivity index (χ0n) is 14.2. The lowest BCUT2D eigenvalue weighted by Gasteiger charge is -2.24. The number of anilines is 1. The van der Waals surface area contributed by atoms with Crippen LogP contribution in [0.15, 0.2) is 40.9 Å². The Morgan fingerprint density at radius 3 is 2.88 bits per heavy atom. The molecule has 0 fully saturated rings. The maximum atomic E-state index is 12.6. The molecule has 0 spiro atoms. The minimum Gasteiger partial charge on any atom is -0.442 e. The van der Waals surface area contributed by atoms with Crippen LogP contribution in [-0.2, 0) is 17.7 Å². The van der Waals surface area contributed by atoms with Crippen LogP contribution in [0, 0.1) is 0 Å². The molecule has 0 aliphatic carbocycles. The van der Waals surface area contributed by atoms with E-state index in [2.05, 4.69) is 9.97 Å². The maximum absolute atomic E-state index is 12.6. The lowest BCUT2D eigenvalue weighted by atomic mass is 10.1. The summed E-state index contributed by atoms with van der Waals surface area (Å²) in [5, 5.41) is 0.389. The number of hydrogen-bond acceptors (Lipinski definition) is 7. The van der Waals surface area contributed by atoms with Crippen molar-refractivity contribution >= 4 is 22.4 Å². The number of nitrogens with zero attached hydrogens (tertiary/aromatic N) is 3. The average Bonchev–Trinajstić information content (AvgIpc) is 3.28. The van der Waals surface area contributed by atoms with Crippen LogP contribution in [0.5, 0.6) is 0 Å². The fourth-order valence-electron chi connectivity index (χ4n) is 3.05. The van der Waals surface area contributed by atoms with Crippen molar-refractivity contribution in [2.45, 2.75) is 19.1 Å². The number of methoxy groups -OCH3 is 1. The number of carbonyl (C=O) groups is 1. The monoisotopic (exact) mass is 370 g/mol. The first-order chi connectivity index (χ1) is 12.7. The molecule has 1 aliphatic rings. The highest BCUT2D eigenvalue weighted by Crippen LogP contribution is 2.29. The third-order valence-corrected chi connectivity index (χ3v) is 5.14. The van der Waals surface area contributed by atoms with Crippen LogP contribution < -0.4 is 5.73 Å². The Morgan fingerprint density at radius 2 is 2.19 bits per heavy atom. The van der Waals surface area contributed by atoms with E-state index in [9.17, 15) is 4.79 Å². The Labute approximate surface area is 154 Å². The number of nitrogen functional groups attached to an aromatic ring is 1. The van der Waals surface area contributed by atoms with Gasteiger partial charge in [-0.2, -0.15) is 0 Å². The third kappa shape index (κ3) is 3.09. The fraction of sp³-hybridized carbons (Fsp3) is 0.278. The molecule has 7 nitrogen and oxygen atoms in total. The largest absolute Gasteiger partial charge is 0.442 e. The molecule has 1 amide bonds. The summed E-state index contributed by atoms with van der Waals surface area (Å²) in [6.07, 6.45) is 1.77. The Balaban J connectivity index is 1.56. The number of hydrogen-bond donors (Lipinski definition) is 1. The van der Waals surface area contributed by atoms with Gasteiger partial charge in [-0.15, -0.1) is 0 Å². The van der Waals surface area contributed by atoms with E-state index >= 15 is 0 Å². The van der Waals surface area contributed by atoms with Gasteiger partial charge in [0.2, 0.25) is 5.89 Å². The number of ether oxygens (including phenoxy) is 1. The summed E-state index contributed by atoms with van der Waals surface area (Å²) in [5.41, 5.74) is 7.37. The van der Waals surface area contributed by atoms with Crippen molar-refractivity contribution < 1.29 is 13.9 Å². The van der Waals surface area contributed by atoms with Gasteiger partial charge in [0.05, 0.1) is 12.7 Å². The zero-order chi connectivity index (χ0) is 18.1. The molecule has 8 heteroatoms. The number of fused-ring (bicyclic) bond motifs is 1. The summed E-state index contributed by atoms with van der Waals surface area (Å²) in [4.78, 5) is 23.4. The van der Waals surface area contributed by atoms with Crippen LogP contribution in [0.3, 0.4) is 0 Å². The fourth-order valence-corrected chi connectivity index (χ4v) is 3.71. The molecule has 0 saturated heterocycles. The first-order valence-corrected chi connectivity index (χ1v) is 9.04. The number of carbonyl (C=O) groups excluding carboxylic acids is 1. The van der Waals surface area contributed by atoms with Crippen molar-refractivity contribution in [2.75, 3.05) is 19.4 Å². The molecule has 3 heterocycles. The van der Waals surface area contributed by atoms with Gasteiger partial charge < -0.3 is 19.8 Å². The summed E-state index contributed by atoms with van der Waals surface area (Å²) in [6.45, 7) is 0.974. The summed E-state index contributed by atoms with van der Waals surface area (Å²) in [7, 11) is 1.63. The van der Waals surface area contributed by atoms with Crippen molar-refractivity contribution in [2.24, 2.45) is 0 Å². The lowest BCUT2D eigenvalue weighted by Crippen LogP contribution is -2.35. The number of thiazole rings is 1. The molecule has 0 radical (unpaired) electrons. The van der Waals surface area contributed by atoms with E-state index in [-0.39, 0.29) is 12.0 Å². The van der Waals surface area contributed by atoms with Crippen molar-refractivity contribution in [3.05, 3.63) is 64.3 Å². The lowest BCUT2D eigenvalue weighted by molar-refractivity contribution is 0.0731. The number of benzene rings is 1. The molecule has 1 unspecified atom stereocenters. The van der Waals surface area contributed by atoms with Gasteiger partial charge in [0.1, 0.15) is 16.3 Å². The normalized spacial score (nSPS) is 14.9. The molecule has 26 heavy (non-hydrogen) atoms. The first kappa shape index (κ1) is 16.7. The van der Waals surface area contributed by atoms with Crippen LogP contribution in [0.2, 0.25) is 0 Å². The first-order valence-electron chi connectivity index (χ1n) is 8.22. The molecule has 0 bridgehead atoms. The van der Waals surface area contributed by atoms with E-state index in [1.165, 1.54) is 17.5 Å². The zero-order valence-corrected chi connectivity index (χ0v) is 15.0. The van der Waals surface area contributed by atoms with E-state index in [4.69, 9.17) is 14.9 Å². The van der Waals surface area contributed by atoms with Gasteiger partial charge in [-0.3, -0.25) is 4.79 Å². The molecular formula is C18H18N4O3S. The van der Waals surface area contributed by atoms with E-state index < -0.39 is 0 Å². The number of aromatic nitrogens is 2. The minimum atomic E-state index is -0.368. The van der Waals surface area contributed by atoms with Crippen LogP contribution in [0.25, 0.3) is 0 Å². The highest BCUT2D eigenvalue weighted by molar-refractivity contribution is 7.17. The average molecular weight is 370 g/mol. The summed E-state index contributed by atoms with van der Waals surface area (Å²) >= 11 is 1.19. The van der Waals surface area contributed by atoms with E-state index in [1.807, 2.05) is 30.3 Å². The second kappa shape index (κ2) is 6.89. The topological polar surface area (TPSA) is 94.5 Å². The second-order valence-corrected chi connectivity index (χ2v) is 7.05. The molecular weight excluding hydrogens is 352 g/mol. The molecule has 1 aliphatic heterocycles. The maximum Gasteiger partial charge on any atom is 0.266 e. The highest BCUT2D eigenvalue weighted by atomic mass is 32.1. The number of oxazole rings is 1. The summed E-state index contributed by atoms with van der Waals surface area (Å²) < 4.78 is 11.5. The molecule has 0 saturated carbocycles. The molecule has 3 aromatic rings. The van der Waals surface area contributed by atoms with Crippen LogP contribution >= 0.6 is 11.3 Å². The van der Waals surface area contributed by atoms with E-state index in [0.29, 0.717) is 35.4 Å². The Morgan fingerprint density at radius 1 is 1.38 bits per heavy atom. The third-order valence-electron chi connectivity index (χ3n) is 4.33. The number of nitrogens with two attached hydrogens (primary N) is 1. The Hall–Kier alpha value is -2.71. The second-order valence-electron chi connectivity index (χ2n) is 5.99. The molecule has 4 rings (SSSR count). The SMILES string of the molecule is COC(c1ccccc1)c1nc2c(o1)CCN(C(=O)c1cnc(N)s1)C2. The standard InChI is InChI=1S/C18H18N4O3S/c1-24-15(11-5-3-2-4-6-11)16-21-12-10-22(8-7-13(12)25-16)17(23)14-9-20-18(19)26-14/h2-6,9,15H,7-8,10H2,1H3,(H2,19,20). The molecule has 134 valence electrons. The van der Waals surface area contributed by atoms with Crippen molar-refractivity contribution in [3.8, 4) is 0 Å². The van der Waals surface area contributed by atoms with E-state index in [1.54, 1.807) is 12.0 Å². The van der Waals surface area contributed by atoms with Gasteiger partial charge >= 0.3 is 0 Å². The smallest absolute Gasteiger partial charge is 0.266 e. The van der Waals surface area contributed by atoms with Crippen molar-refractivity contribution in [3.63, 3.8) is 0 Å². The van der Waals surface area contributed by atoms with Crippen LogP contribution in [-0.4, -0.2) is 34.4 Å². The molecule has 2 N–H and O–H groups in total. The van der Waals surface area contributed by atoms with Crippen molar-refractivity contribution in [1.29, 1.82) is 0 Å². The van der Waals surface area contributed by atoms with Gasteiger partial charge in [-0.1, -0.05) is 41.7 Å². The van der Waals surface area contributed by atoms with Gasteiger partial charge in [0.25, 0.3) is 5.91 Å².